The molecule has 0 saturated carbocycles. The lowest BCUT2D eigenvalue weighted by Gasteiger charge is -2.08. The number of amides is 1. The fourth-order valence-corrected chi connectivity index (χ4v) is 2.03. The van der Waals surface area contributed by atoms with Crippen molar-refractivity contribution in [1.29, 1.82) is 0 Å². The average molecular weight is 291 g/mol. The molecule has 2 rings (SSSR count). The first-order valence-electron chi connectivity index (χ1n) is 5.80. The van der Waals surface area contributed by atoms with Crippen LogP contribution in [0.3, 0.4) is 0 Å². The third-order valence-corrected chi connectivity index (χ3v) is 3.11. The molecule has 2 aromatic carbocycles. The summed E-state index contributed by atoms with van der Waals surface area (Å²) in [6.45, 7) is 1.84. The van der Waals surface area contributed by atoms with Crippen LogP contribution >= 0.6 is 11.6 Å². The largest absolute Gasteiger partial charge is 0.322 e. The first kappa shape index (κ1) is 14.0. The molecule has 0 aliphatic heterocycles. The van der Waals surface area contributed by atoms with Gasteiger partial charge in [0.1, 0.15) is 10.6 Å². The van der Waals surface area contributed by atoms with Gasteiger partial charge in [0, 0.05) is 5.69 Å². The molecule has 0 spiro atoms. The van der Waals surface area contributed by atoms with Crippen LogP contribution < -0.4 is 5.32 Å². The third-order valence-electron chi connectivity index (χ3n) is 2.81. The van der Waals surface area contributed by atoms with Gasteiger partial charge in [-0.3, -0.25) is 14.9 Å². The van der Waals surface area contributed by atoms with Gasteiger partial charge in [0.05, 0.1) is 4.92 Å². The van der Waals surface area contributed by atoms with E-state index >= 15 is 0 Å². The van der Waals surface area contributed by atoms with Crippen molar-refractivity contribution in [1.82, 2.24) is 0 Å². The normalized spacial score (nSPS) is 10.1. The maximum atomic E-state index is 12.2. The van der Waals surface area contributed by atoms with Crippen LogP contribution in [0.25, 0.3) is 0 Å². The van der Waals surface area contributed by atoms with Crippen LogP contribution in [0.2, 0.25) is 5.02 Å². The third kappa shape index (κ3) is 2.78. The highest BCUT2D eigenvalue weighted by Gasteiger charge is 2.23. The van der Waals surface area contributed by atoms with Crippen LogP contribution in [-0.4, -0.2) is 10.8 Å². The monoisotopic (exact) mass is 290 g/mol. The average Bonchev–Trinajstić information content (AvgIpc) is 2.40. The van der Waals surface area contributed by atoms with Crippen LogP contribution in [0.1, 0.15) is 15.9 Å². The van der Waals surface area contributed by atoms with Crippen LogP contribution in [0.5, 0.6) is 0 Å². The summed E-state index contributed by atoms with van der Waals surface area (Å²) < 4.78 is 0. The Hall–Kier alpha value is -2.40. The van der Waals surface area contributed by atoms with E-state index in [-0.39, 0.29) is 16.3 Å². The second-order valence-corrected chi connectivity index (χ2v) is 4.57. The number of hydrogen-bond acceptors (Lipinski definition) is 3. The Morgan fingerprint density at radius 2 is 1.90 bits per heavy atom. The molecule has 1 amide bonds. The number of benzene rings is 2. The number of hydrogen-bond donors (Lipinski definition) is 1. The molecule has 0 aromatic heterocycles. The summed E-state index contributed by atoms with van der Waals surface area (Å²) in [5.74, 6) is -0.562. The lowest BCUT2D eigenvalue weighted by molar-refractivity contribution is -0.385. The minimum atomic E-state index is -0.658. The number of para-hydroxylation sites is 2. The molecule has 0 saturated heterocycles. The number of rotatable bonds is 3. The molecule has 0 heterocycles. The first-order chi connectivity index (χ1) is 9.50. The van der Waals surface area contributed by atoms with Gasteiger partial charge in [0.25, 0.3) is 5.91 Å². The zero-order valence-corrected chi connectivity index (χ0v) is 11.3. The van der Waals surface area contributed by atoms with Gasteiger partial charge < -0.3 is 5.32 Å². The Morgan fingerprint density at radius 3 is 2.55 bits per heavy atom. The highest BCUT2D eigenvalue weighted by atomic mass is 35.5. The number of anilines is 1. The number of halogens is 1. The van der Waals surface area contributed by atoms with Gasteiger partial charge in [0.15, 0.2) is 0 Å². The lowest BCUT2D eigenvalue weighted by atomic mass is 10.1. The van der Waals surface area contributed by atoms with Crippen molar-refractivity contribution < 1.29 is 9.72 Å². The summed E-state index contributed by atoms with van der Waals surface area (Å²) in [4.78, 5) is 22.5. The molecule has 6 heteroatoms. The quantitative estimate of drug-likeness (QED) is 0.690. The van der Waals surface area contributed by atoms with E-state index in [0.29, 0.717) is 5.69 Å². The van der Waals surface area contributed by atoms with Gasteiger partial charge in [-0.1, -0.05) is 35.9 Å². The van der Waals surface area contributed by atoms with E-state index in [1.54, 1.807) is 12.1 Å². The molecular weight excluding hydrogens is 280 g/mol. The highest BCUT2D eigenvalue weighted by Crippen LogP contribution is 2.29. The van der Waals surface area contributed by atoms with E-state index in [9.17, 15) is 14.9 Å². The number of aryl methyl sites for hydroxylation is 1. The van der Waals surface area contributed by atoms with Gasteiger partial charge in [-0.2, -0.15) is 0 Å². The number of nitrogens with one attached hydrogen (secondary N) is 1. The lowest BCUT2D eigenvalue weighted by Crippen LogP contribution is -2.14. The Kier molecular flexibility index (Phi) is 4.00. The molecule has 0 radical (unpaired) electrons. The number of carbonyl (C=O) groups is 1. The van der Waals surface area contributed by atoms with Gasteiger partial charge >= 0.3 is 5.69 Å². The van der Waals surface area contributed by atoms with Crippen molar-refractivity contribution in [3.63, 3.8) is 0 Å². The minimum Gasteiger partial charge on any atom is -0.322 e. The van der Waals surface area contributed by atoms with E-state index in [2.05, 4.69) is 5.32 Å². The molecule has 5 nitrogen and oxygen atoms in total. The van der Waals surface area contributed by atoms with Crippen LogP contribution in [-0.2, 0) is 0 Å². The summed E-state index contributed by atoms with van der Waals surface area (Å²) in [6.07, 6.45) is 0. The summed E-state index contributed by atoms with van der Waals surface area (Å²) in [7, 11) is 0. The predicted molar refractivity (Wildman–Crippen MR) is 77.2 cm³/mol. The van der Waals surface area contributed by atoms with E-state index in [0.717, 1.165) is 5.56 Å². The van der Waals surface area contributed by atoms with Crippen molar-refractivity contribution >= 4 is 28.9 Å². The maximum absolute atomic E-state index is 12.2. The fourth-order valence-electron chi connectivity index (χ4n) is 1.79. The summed E-state index contributed by atoms with van der Waals surface area (Å²) in [5.41, 5.74) is 1.02. The topological polar surface area (TPSA) is 72.2 Å². The second-order valence-electron chi connectivity index (χ2n) is 4.16. The molecule has 0 fully saturated rings. The fraction of sp³-hybridized carbons (Fsp3) is 0.0714. The molecule has 0 unspecified atom stereocenters. The molecule has 0 aliphatic carbocycles. The van der Waals surface area contributed by atoms with Gasteiger partial charge in [-0.15, -0.1) is 0 Å². The van der Waals surface area contributed by atoms with Crippen molar-refractivity contribution in [3.05, 3.63) is 68.7 Å². The zero-order chi connectivity index (χ0) is 14.7. The number of carbonyl (C=O) groups excluding carboxylic acids is 1. The van der Waals surface area contributed by atoms with Crippen molar-refractivity contribution in [2.24, 2.45) is 0 Å². The van der Waals surface area contributed by atoms with Gasteiger partial charge in [-0.05, 0) is 30.7 Å². The second kappa shape index (κ2) is 5.71. The van der Waals surface area contributed by atoms with Crippen molar-refractivity contribution in [3.8, 4) is 0 Å². The molecule has 102 valence electrons. The molecule has 0 atom stereocenters. The number of nitrogens with zero attached hydrogens (tertiary/aromatic N) is 1. The van der Waals surface area contributed by atoms with Gasteiger partial charge in [0.2, 0.25) is 0 Å². The number of nitro benzene ring substituents is 1. The van der Waals surface area contributed by atoms with E-state index in [1.165, 1.54) is 18.2 Å². The Labute approximate surface area is 120 Å². The highest BCUT2D eigenvalue weighted by molar-refractivity contribution is 6.33. The zero-order valence-electron chi connectivity index (χ0n) is 10.6. The predicted octanol–water partition coefficient (Wildman–Crippen LogP) is 3.81. The summed E-state index contributed by atoms with van der Waals surface area (Å²) in [6, 6.07) is 11.4. The molecular formula is C14H11ClN2O3. The molecule has 0 bridgehead atoms. The SMILES string of the molecule is Cc1ccccc1NC(=O)c1cccc(Cl)c1[N+](=O)[O-]. The Balaban J connectivity index is 2.38. The first-order valence-corrected chi connectivity index (χ1v) is 6.18. The summed E-state index contributed by atoms with van der Waals surface area (Å²) >= 11 is 5.78. The van der Waals surface area contributed by atoms with Crippen LogP contribution in [0, 0.1) is 17.0 Å². The van der Waals surface area contributed by atoms with Crippen molar-refractivity contribution in [2.45, 2.75) is 6.92 Å². The Morgan fingerprint density at radius 1 is 1.20 bits per heavy atom. The molecule has 1 N–H and O–H groups in total. The van der Waals surface area contributed by atoms with Crippen LogP contribution in [0.4, 0.5) is 11.4 Å². The number of nitro groups is 1. The smallest absolute Gasteiger partial charge is 0.300 e. The minimum absolute atomic E-state index is 0.0626. The standard InChI is InChI=1S/C14H11ClN2O3/c1-9-5-2-3-8-12(9)16-14(18)10-6-4-7-11(15)13(10)17(19)20/h2-8H,1H3,(H,16,18). The van der Waals surface area contributed by atoms with Crippen LogP contribution in [0.15, 0.2) is 42.5 Å². The molecule has 0 aliphatic rings. The molecule has 20 heavy (non-hydrogen) atoms. The van der Waals surface area contributed by atoms with Gasteiger partial charge in [-0.25, -0.2) is 0 Å². The summed E-state index contributed by atoms with van der Waals surface area (Å²) in [5, 5.41) is 13.6. The van der Waals surface area contributed by atoms with E-state index in [1.807, 2.05) is 19.1 Å². The molecule has 2 aromatic rings. The van der Waals surface area contributed by atoms with E-state index in [4.69, 9.17) is 11.6 Å². The van der Waals surface area contributed by atoms with Crippen molar-refractivity contribution in [2.75, 3.05) is 5.32 Å². The Bertz CT molecular complexity index is 686. The maximum Gasteiger partial charge on any atom is 0.300 e. The van der Waals surface area contributed by atoms with E-state index < -0.39 is 10.8 Å².